The van der Waals surface area contributed by atoms with Gasteiger partial charge in [0.2, 0.25) is 0 Å². The summed E-state index contributed by atoms with van der Waals surface area (Å²) in [7, 11) is -4.60. The van der Waals surface area contributed by atoms with Crippen molar-refractivity contribution in [2.24, 2.45) is 15.3 Å². The molecule has 0 aliphatic carbocycles. The van der Waals surface area contributed by atoms with Gasteiger partial charge in [0.05, 0.1) is 21.3 Å². The van der Waals surface area contributed by atoms with E-state index >= 15 is 0 Å². The summed E-state index contributed by atoms with van der Waals surface area (Å²) in [6, 6.07) is 15.5. The van der Waals surface area contributed by atoms with E-state index in [0.29, 0.717) is 27.3 Å². The van der Waals surface area contributed by atoms with Gasteiger partial charge in [-0.2, -0.15) is 20.3 Å². The first-order chi connectivity index (χ1) is 16.1. The first-order valence-corrected chi connectivity index (χ1v) is 11.9. The van der Waals surface area contributed by atoms with Gasteiger partial charge < -0.3 is 9.29 Å². The average Bonchev–Trinajstić information content (AvgIpc) is 3.08. The second kappa shape index (κ2) is 11.2. The molecule has 0 bridgehead atoms. The maximum Gasteiger partial charge on any atom is 1.00 e. The van der Waals surface area contributed by atoms with E-state index in [2.05, 4.69) is 15.3 Å². The summed E-state index contributed by atoms with van der Waals surface area (Å²) in [5, 5.41) is 14.4. The Morgan fingerprint density at radius 2 is 1.71 bits per heavy atom. The minimum atomic E-state index is -4.60. The number of anilines is 1. The third-order valence-corrected chi connectivity index (χ3v) is 6.12. The van der Waals surface area contributed by atoms with Crippen molar-refractivity contribution in [1.29, 1.82) is 0 Å². The molecule has 1 aliphatic heterocycles. The third-order valence-electron chi connectivity index (χ3n) is 4.72. The van der Waals surface area contributed by atoms with E-state index in [1.165, 1.54) is 18.2 Å². The SMILES string of the molecule is CC1=NN(c2ccc(S(=O)(=O)[O-])cc2)C(=O)C1N=Nc1cc(Cl)ccc1Oc1ccccc1Cl.[Na+]. The molecule has 4 rings (SSSR count). The van der Waals surface area contributed by atoms with Crippen molar-refractivity contribution in [2.45, 2.75) is 17.9 Å². The van der Waals surface area contributed by atoms with E-state index in [1.54, 1.807) is 43.3 Å². The Morgan fingerprint density at radius 3 is 2.37 bits per heavy atom. The third kappa shape index (κ3) is 6.28. The van der Waals surface area contributed by atoms with Gasteiger partial charge in [-0.15, -0.1) is 0 Å². The normalized spacial score (nSPS) is 15.8. The van der Waals surface area contributed by atoms with Crippen LogP contribution in [0.2, 0.25) is 10.0 Å². The van der Waals surface area contributed by atoms with Crippen molar-refractivity contribution in [3.63, 3.8) is 0 Å². The summed E-state index contributed by atoms with van der Waals surface area (Å²) in [4.78, 5) is 12.5. The number of azo groups is 1. The first kappa shape index (κ1) is 27.3. The van der Waals surface area contributed by atoms with Gasteiger partial charge in [0.1, 0.15) is 21.6 Å². The van der Waals surface area contributed by atoms with E-state index in [0.717, 1.165) is 17.1 Å². The van der Waals surface area contributed by atoms with Crippen molar-refractivity contribution in [3.05, 3.63) is 76.8 Å². The van der Waals surface area contributed by atoms with Gasteiger partial charge in [0, 0.05) is 5.02 Å². The van der Waals surface area contributed by atoms with Gasteiger partial charge in [0.15, 0.2) is 11.8 Å². The molecule has 0 N–H and O–H groups in total. The van der Waals surface area contributed by atoms with Crippen LogP contribution in [0.5, 0.6) is 11.5 Å². The molecule has 1 aliphatic rings. The van der Waals surface area contributed by atoms with Crippen LogP contribution < -0.4 is 39.3 Å². The van der Waals surface area contributed by atoms with Crippen molar-refractivity contribution in [3.8, 4) is 11.5 Å². The number of rotatable bonds is 6. The Labute approximate surface area is 233 Å². The van der Waals surface area contributed by atoms with Crippen molar-refractivity contribution < 1.29 is 52.1 Å². The fourth-order valence-electron chi connectivity index (χ4n) is 3.05. The maximum atomic E-state index is 12.9. The number of hydrazone groups is 1. The number of ether oxygens (including phenoxy) is 1. The maximum absolute atomic E-state index is 12.9. The Hall–Kier alpha value is -2.31. The zero-order valence-corrected chi connectivity index (χ0v) is 22.8. The number of nitrogens with zero attached hydrogens (tertiary/aromatic N) is 4. The molecule has 9 nitrogen and oxygen atoms in total. The fourth-order valence-corrected chi connectivity index (χ4v) is 3.86. The number of para-hydroxylation sites is 1. The molecule has 1 amide bonds. The summed E-state index contributed by atoms with van der Waals surface area (Å²) in [6.45, 7) is 1.61. The van der Waals surface area contributed by atoms with Crippen LogP contribution in [0.1, 0.15) is 6.92 Å². The molecule has 0 spiro atoms. The Morgan fingerprint density at radius 1 is 1.03 bits per heavy atom. The molecule has 1 atom stereocenters. The van der Waals surface area contributed by atoms with Gasteiger partial charge >= 0.3 is 29.6 Å². The molecular weight excluding hydrogens is 526 g/mol. The van der Waals surface area contributed by atoms with Gasteiger partial charge in [0.25, 0.3) is 5.91 Å². The molecular formula is C22H15Cl2N4NaO5S. The van der Waals surface area contributed by atoms with Gasteiger partial charge in [-0.25, -0.2) is 8.42 Å². The quantitative estimate of drug-likeness (QED) is 0.270. The molecule has 0 saturated heterocycles. The molecule has 35 heavy (non-hydrogen) atoms. The number of hydrogen-bond acceptors (Lipinski definition) is 8. The van der Waals surface area contributed by atoms with E-state index in [-0.39, 0.29) is 40.9 Å². The summed E-state index contributed by atoms with van der Waals surface area (Å²) in [5.41, 5.74) is 0.918. The monoisotopic (exact) mass is 540 g/mol. The topological polar surface area (TPSA) is 124 Å². The Kier molecular flexibility index (Phi) is 8.71. The number of halogens is 2. The summed E-state index contributed by atoms with van der Waals surface area (Å²) >= 11 is 12.3. The second-order valence-corrected chi connectivity index (χ2v) is 9.33. The molecule has 0 saturated carbocycles. The molecule has 0 fully saturated rings. The van der Waals surface area contributed by atoms with Crippen LogP contribution in [0.15, 0.2) is 87.0 Å². The largest absolute Gasteiger partial charge is 1.00 e. The number of carbonyl (C=O) groups is 1. The smallest absolute Gasteiger partial charge is 0.744 e. The molecule has 0 aromatic heterocycles. The van der Waals surface area contributed by atoms with Crippen molar-refractivity contribution >= 4 is 56.3 Å². The van der Waals surface area contributed by atoms with Gasteiger partial charge in [-0.05, 0) is 61.5 Å². The van der Waals surface area contributed by atoms with Crippen LogP contribution in [0, 0.1) is 0 Å². The van der Waals surface area contributed by atoms with Crippen LogP contribution >= 0.6 is 23.2 Å². The van der Waals surface area contributed by atoms with Crippen LogP contribution in [0.4, 0.5) is 11.4 Å². The van der Waals surface area contributed by atoms with E-state index < -0.39 is 27.0 Å². The average molecular weight is 541 g/mol. The van der Waals surface area contributed by atoms with Crippen molar-refractivity contribution in [2.75, 3.05) is 5.01 Å². The molecule has 1 unspecified atom stereocenters. The Bertz CT molecular complexity index is 1430. The van der Waals surface area contributed by atoms with Crippen LogP contribution in [-0.2, 0) is 14.9 Å². The van der Waals surface area contributed by atoms with E-state index in [1.807, 2.05) is 0 Å². The summed E-state index contributed by atoms with van der Waals surface area (Å²) in [5.74, 6) is 0.231. The molecule has 1 heterocycles. The van der Waals surface area contributed by atoms with Crippen LogP contribution in [-0.4, -0.2) is 30.6 Å². The van der Waals surface area contributed by atoms with Crippen LogP contribution in [0.3, 0.4) is 0 Å². The Balaban J connectivity index is 0.00000342. The van der Waals surface area contributed by atoms with Gasteiger partial charge in [-0.3, -0.25) is 4.79 Å². The number of amides is 1. The van der Waals surface area contributed by atoms with Gasteiger partial charge in [-0.1, -0.05) is 35.3 Å². The fraction of sp³-hybridized carbons (Fsp3) is 0.0909. The van der Waals surface area contributed by atoms with Crippen molar-refractivity contribution in [1.82, 2.24) is 0 Å². The zero-order valence-electron chi connectivity index (χ0n) is 18.4. The molecule has 0 radical (unpaired) electrons. The number of carbonyl (C=O) groups excluding carboxylic acids is 1. The predicted octanol–water partition coefficient (Wildman–Crippen LogP) is 2.57. The van der Waals surface area contributed by atoms with E-state index in [4.69, 9.17) is 27.9 Å². The minimum absolute atomic E-state index is 0. The zero-order chi connectivity index (χ0) is 24.5. The second-order valence-electron chi connectivity index (χ2n) is 7.10. The summed E-state index contributed by atoms with van der Waals surface area (Å²) < 4.78 is 39.2. The molecule has 3 aromatic rings. The number of hydrogen-bond donors (Lipinski definition) is 0. The predicted molar refractivity (Wildman–Crippen MR) is 126 cm³/mol. The number of benzene rings is 3. The van der Waals surface area contributed by atoms with Crippen LogP contribution in [0.25, 0.3) is 0 Å². The molecule has 3 aromatic carbocycles. The summed E-state index contributed by atoms with van der Waals surface area (Å²) in [6.07, 6.45) is 0. The first-order valence-electron chi connectivity index (χ1n) is 9.71. The minimum Gasteiger partial charge on any atom is -0.744 e. The molecule has 174 valence electrons. The molecule has 13 heteroatoms. The van der Waals surface area contributed by atoms with E-state index in [9.17, 15) is 17.8 Å². The standard InChI is InChI=1S/C22H16Cl2N4O5S.Na/c1-13-21(22(29)28(27-13)15-7-9-16(10-8-15)34(30,31)32)26-25-18-12-14(23)6-11-20(18)33-19-5-3-2-4-17(19)24;/h2-12,21H,1H3,(H,30,31,32);/q;+1/p-1.